The number of para-hydroxylation sites is 2. The summed E-state index contributed by atoms with van der Waals surface area (Å²) in [5.41, 5.74) is 21.6. The van der Waals surface area contributed by atoms with E-state index >= 15 is 0 Å². The monoisotopic (exact) mass is 938 g/mol. The summed E-state index contributed by atoms with van der Waals surface area (Å²) < 4.78 is 18.5. The van der Waals surface area contributed by atoms with E-state index in [1.165, 1.54) is 60.1 Å². The minimum absolute atomic E-state index is 0.105. The van der Waals surface area contributed by atoms with E-state index in [4.69, 9.17) is 18.8 Å². The van der Waals surface area contributed by atoms with Gasteiger partial charge in [-0.1, -0.05) is 151 Å². The summed E-state index contributed by atoms with van der Waals surface area (Å²) in [7, 11) is 0. The SMILES string of the molecule is CC(C)(C)c1cc2c3c(c1)c1c4c(ccc1n3-c1cc(-c3nc(-c5ccccc5)cc(-c5ccccc5)n3)cc3c1B2c1cc(C(C)(C)C)cc2c5c6c(ccc5n-3c12)oc1ccccc16)oc1ccccc14. The number of hydrogen-bond donors (Lipinski definition) is 0. The van der Waals surface area contributed by atoms with Gasteiger partial charge in [0, 0.05) is 82.2 Å². The van der Waals surface area contributed by atoms with Crippen LogP contribution in [0.1, 0.15) is 52.7 Å². The molecule has 0 unspecified atom stereocenters. The van der Waals surface area contributed by atoms with Gasteiger partial charge in [-0.05, 0) is 105 Å². The van der Waals surface area contributed by atoms with E-state index in [1.807, 2.05) is 0 Å². The third kappa shape index (κ3) is 5.54. The van der Waals surface area contributed by atoms with Gasteiger partial charge in [0.15, 0.2) is 5.82 Å². The first-order chi connectivity index (χ1) is 35.5. The van der Waals surface area contributed by atoms with E-state index < -0.39 is 0 Å². The number of furan rings is 2. The lowest BCUT2D eigenvalue weighted by Crippen LogP contribution is -2.59. The molecule has 7 heterocycles. The minimum atomic E-state index is -0.143. The first-order valence-electron chi connectivity index (χ1n) is 25.5. The van der Waals surface area contributed by atoms with Crippen LogP contribution >= 0.6 is 0 Å². The van der Waals surface area contributed by atoms with E-state index in [0.717, 1.165) is 94.4 Å². The van der Waals surface area contributed by atoms with Crippen molar-refractivity contribution in [3.05, 3.63) is 187 Å². The molecule has 73 heavy (non-hydrogen) atoms. The molecule has 7 heteroatoms. The fourth-order valence-electron chi connectivity index (χ4n) is 12.8. The molecule has 346 valence electrons. The molecule has 0 radical (unpaired) electrons. The van der Waals surface area contributed by atoms with Crippen molar-refractivity contribution >= 4 is 111 Å². The average Bonchev–Trinajstić information content (AvgIpc) is 4.17. The Labute approximate surface area is 421 Å². The van der Waals surface area contributed by atoms with E-state index in [2.05, 4.69) is 227 Å². The van der Waals surface area contributed by atoms with Crippen LogP contribution < -0.4 is 16.4 Å². The lowest BCUT2D eigenvalue weighted by atomic mass is 9.34. The van der Waals surface area contributed by atoms with Crippen molar-refractivity contribution in [3.63, 3.8) is 0 Å². The third-order valence-corrected chi connectivity index (χ3v) is 16.2. The predicted molar refractivity (Wildman–Crippen MR) is 304 cm³/mol. The van der Waals surface area contributed by atoms with Crippen LogP contribution in [0.15, 0.2) is 185 Å². The second-order valence-corrected chi connectivity index (χ2v) is 22.5. The molecule has 0 N–H and O–H groups in total. The highest BCUT2D eigenvalue weighted by atomic mass is 16.3. The number of nitrogens with zero attached hydrogens (tertiary/aromatic N) is 4. The number of fused-ring (bicyclic) bond motifs is 18. The summed E-state index contributed by atoms with van der Waals surface area (Å²) in [5, 5.41) is 9.45. The highest BCUT2D eigenvalue weighted by Crippen LogP contribution is 2.48. The van der Waals surface area contributed by atoms with E-state index in [-0.39, 0.29) is 17.5 Å². The summed E-state index contributed by atoms with van der Waals surface area (Å²) in [6, 6.07) is 63.9. The molecule has 2 aliphatic heterocycles. The molecule has 0 aliphatic carbocycles. The lowest BCUT2D eigenvalue weighted by Gasteiger charge is -2.35. The molecule has 14 aromatic rings. The van der Waals surface area contributed by atoms with Crippen molar-refractivity contribution in [1.82, 2.24) is 19.1 Å². The Kier molecular flexibility index (Phi) is 7.89. The Morgan fingerprint density at radius 2 is 0.836 bits per heavy atom. The molecule has 16 rings (SSSR count). The molecule has 6 nitrogen and oxygen atoms in total. The Balaban J connectivity index is 1.13. The Morgan fingerprint density at radius 3 is 1.29 bits per heavy atom. The number of benzene rings is 9. The second-order valence-electron chi connectivity index (χ2n) is 22.5. The summed E-state index contributed by atoms with van der Waals surface area (Å²) >= 11 is 0. The van der Waals surface area contributed by atoms with Crippen LogP contribution in [0, 0.1) is 0 Å². The predicted octanol–water partition coefficient (Wildman–Crippen LogP) is 15.2. The molecule has 0 bridgehead atoms. The zero-order chi connectivity index (χ0) is 48.8. The zero-order valence-corrected chi connectivity index (χ0v) is 41.4. The summed E-state index contributed by atoms with van der Waals surface area (Å²) in [6.45, 7) is 14.0. The van der Waals surface area contributed by atoms with Crippen molar-refractivity contribution in [2.24, 2.45) is 0 Å². The van der Waals surface area contributed by atoms with E-state index in [9.17, 15) is 0 Å². The summed E-state index contributed by atoms with van der Waals surface area (Å²) in [4.78, 5) is 11.0. The van der Waals surface area contributed by atoms with Crippen LogP contribution in [0.5, 0.6) is 0 Å². The molecular formula is C66H47BN4O2. The smallest absolute Gasteiger partial charge is 0.252 e. The highest BCUT2D eigenvalue weighted by Gasteiger charge is 2.43. The Hall–Kier alpha value is -8.68. The first-order valence-corrected chi connectivity index (χ1v) is 25.5. The maximum absolute atomic E-state index is 6.68. The Morgan fingerprint density at radius 1 is 0.397 bits per heavy atom. The van der Waals surface area contributed by atoms with Crippen molar-refractivity contribution in [2.45, 2.75) is 52.4 Å². The molecule has 0 saturated carbocycles. The van der Waals surface area contributed by atoms with Crippen molar-refractivity contribution in [2.75, 3.05) is 0 Å². The van der Waals surface area contributed by atoms with Crippen molar-refractivity contribution in [3.8, 4) is 45.3 Å². The quantitative estimate of drug-likeness (QED) is 0.166. The number of hydrogen-bond acceptors (Lipinski definition) is 4. The molecular weight excluding hydrogens is 892 g/mol. The fraction of sp³-hybridized carbons (Fsp3) is 0.121. The molecule has 5 aromatic heterocycles. The maximum atomic E-state index is 6.68. The van der Waals surface area contributed by atoms with E-state index in [1.54, 1.807) is 0 Å². The summed E-state index contributed by atoms with van der Waals surface area (Å²) in [5.74, 6) is 0.672. The van der Waals surface area contributed by atoms with Gasteiger partial charge in [-0.2, -0.15) is 0 Å². The summed E-state index contributed by atoms with van der Waals surface area (Å²) in [6.07, 6.45) is 0. The normalized spacial score (nSPS) is 13.3. The van der Waals surface area contributed by atoms with Gasteiger partial charge in [-0.15, -0.1) is 0 Å². The molecule has 2 aliphatic rings. The minimum Gasteiger partial charge on any atom is -0.456 e. The van der Waals surface area contributed by atoms with Gasteiger partial charge in [0.2, 0.25) is 0 Å². The van der Waals surface area contributed by atoms with Crippen LogP contribution in [0.4, 0.5) is 0 Å². The topological polar surface area (TPSA) is 61.9 Å². The molecule has 0 saturated heterocycles. The van der Waals surface area contributed by atoms with Crippen molar-refractivity contribution < 1.29 is 8.83 Å². The highest BCUT2D eigenvalue weighted by molar-refractivity contribution is 7.00. The molecule has 0 atom stereocenters. The van der Waals surface area contributed by atoms with Crippen LogP contribution in [-0.2, 0) is 10.8 Å². The molecule has 0 spiro atoms. The van der Waals surface area contributed by atoms with Gasteiger partial charge in [0.05, 0.1) is 22.4 Å². The van der Waals surface area contributed by atoms with Gasteiger partial charge in [-0.25, -0.2) is 9.97 Å². The first kappa shape index (κ1) is 41.0. The lowest BCUT2D eigenvalue weighted by molar-refractivity contribution is 0.591. The maximum Gasteiger partial charge on any atom is 0.252 e. The molecule has 0 fully saturated rings. The molecule has 9 aromatic carbocycles. The Bertz CT molecular complexity index is 4460. The zero-order valence-electron chi connectivity index (χ0n) is 41.4. The van der Waals surface area contributed by atoms with Crippen LogP contribution in [0.3, 0.4) is 0 Å². The average molecular weight is 939 g/mol. The largest absolute Gasteiger partial charge is 0.456 e. The fourth-order valence-corrected chi connectivity index (χ4v) is 12.8. The van der Waals surface area contributed by atoms with Gasteiger partial charge in [0.25, 0.3) is 6.71 Å². The standard InChI is InChI=1S/C66H47BN4O2/c1-65(2,3)39-31-43-57-49(25-27-55-59(57)41-21-13-15-23-53(41)72-55)70-51-29-38(64-68-47(36-17-9-7-10-18-36)35-48(69-64)37-19-11-8-12-20-37)30-52-61(51)67(45(33-39)62(43)70)46-34-40(66(4,5)6)32-44-58-50(71(52)63(44)46)26-28-56-60(58)42-22-14-16-24-54(42)73-56/h7-35H,1-6H3. The van der Waals surface area contributed by atoms with Gasteiger partial charge >= 0.3 is 0 Å². The van der Waals surface area contributed by atoms with Crippen molar-refractivity contribution in [1.29, 1.82) is 0 Å². The van der Waals surface area contributed by atoms with Gasteiger partial charge in [0.1, 0.15) is 22.3 Å². The van der Waals surface area contributed by atoms with Gasteiger partial charge in [-0.3, -0.25) is 0 Å². The third-order valence-electron chi connectivity index (χ3n) is 16.2. The van der Waals surface area contributed by atoms with Crippen LogP contribution in [0.25, 0.3) is 133 Å². The number of aromatic nitrogens is 4. The van der Waals surface area contributed by atoms with Crippen LogP contribution in [0.2, 0.25) is 0 Å². The van der Waals surface area contributed by atoms with Gasteiger partial charge < -0.3 is 18.0 Å². The van der Waals surface area contributed by atoms with E-state index in [0.29, 0.717) is 5.82 Å². The molecule has 0 amide bonds. The number of rotatable bonds is 3. The second kappa shape index (κ2) is 14.0. The van der Waals surface area contributed by atoms with Crippen LogP contribution in [-0.4, -0.2) is 25.8 Å².